The van der Waals surface area contributed by atoms with E-state index in [4.69, 9.17) is 9.84 Å². The average molecular weight is 199 g/mol. The van der Waals surface area contributed by atoms with Gasteiger partial charge in [-0.15, -0.1) is 0 Å². The van der Waals surface area contributed by atoms with Gasteiger partial charge >= 0.3 is 5.97 Å². The fraction of sp³-hybridized carbons (Fsp3) is 0.900. The molecule has 4 nitrogen and oxygen atoms in total. The van der Waals surface area contributed by atoms with E-state index in [2.05, 4.69) is 5.32 Å². The summed E-state index contributed by atoms with van der Waals surface area (Å²) in [7, 11) is 0. The van der Waals surface area contributed by atoms with Crippen molar-refractivity contribution >= 4 is 5.97 Å². The summed E-state index contributed by atoms with van der Waals surface area (Å²) in [5.41, 5.74) is 0.0216. The number of hydrogen-bond acceptors (Lipinski definition) is 4. The van der Waals surface area contributed by atoms with Crippen molar-refractivity contribution in [2.24, 2.45) is 0 Å². The van der Waals surface area contributed by atoms with E-state index in [1.54, 1.807) is 0 Å². The number of aliphatic hydroxyl groups is 1. The first-order chi connectivity index (χ1) is 6.76. The number of aliphatic hydroxyl groups excluding tert-OH is 1. The predicted molar refractivity (Wildman–Crippen MR) is 50.8 cm³/mol. The van der Waals surface area contributed by atoms with Crippen molar-refractivity contribution in [1.29, 1.82) is 0 Å². The van der Waals surface area contributed by atoms with Crippen LogP contribution in [0.5, 0.6) is 0 Å². The molecule has 0 bridgehead atoms. The Morgan fingerprint density at radius 2 is 2.21 bits per heavy atom. The normalized spacial score (nSPS) is 30.6. The number of carbonyl (C=O) groups is 1. The zero-order valence-electron chi connectivity index (χ0n) is 8.29. The molecule has 1 heterocycles. The quantitative estimate of drug-likeness (QED) is 0.624. The Balaban J connectivity index is 2.00. The number of carbonyl (C=O) groups excluding carboxylic acids is 1. The highest BCUT2D eigenvalue weighted by atomic mass is 16.5. The number of morpholine rings is 1. The maximum atomic E-state index is 11.3. The van der Waals surface area contributed by atoms with Crippen LogP contribution in [-0.2, 0) is 9.53 Å². The van der Waals surface area contributed by atoms with Crippen LogP contribution in [0.1, 0.15) is 32.1 Å². The maximum Gasteiger partial charge on any atom is 0.323 e. The molecule has 0 radical (unpaired) electrons. The van der Waals surface area contributed by atoms with E-state index in [0.29, 0.717) is 13.0 Å². The second-order valence-electron chi connectivity index (χ2n) is 4.30. The van der Waals surface area contributed by atoms with Crippen LogP contribution in [-0.4, -0.2) is 35.9 Å². The fourth-order valence-electron chi connectivity index (χ4n) is 2.44. The second kappa shape index (κ2) is 3.87. The Morgan fingerprint density at radius 1 is 1.50 bits per heavy atom. The first-order valence-electron chi connectivity index (χ1n) is 5.31. The Labute approximate surface area is 83.6 Å². The van der Waals surface area contributed by atoms with Gasteiger partial charge in [-0.25, -0.2) is 0 Å². The van der Waals surface area contributed by atoms with Crippen LogP contribution in [0.25, 0.3) is 0 Å². The highest BCUT2D eigenvalue weighted by molar-refractivity contribution is 5.76. The molecule has 1 saturated carbocycles. The number of esters is 1. The SMILES string of the molecule is O=C1OCC2(CCCC2)NC1CCO. The molecular formula is C10H17NO3. The van der Waals surface area contributed by atoms with Gasteiger partial charge in [-0.3, -0.25) is 10.1 Å². The molecule has 80 valence electrons. The minimum atomic E-state index is -0.299. The molecule has 0 amide bonds. The van der Waals surface area contributed by atoms with Crippen LogP contribution in [0.4, 0.5) is 0 Å². The van der Waals surface area contributed by atoms with Crippen LogP contribution < -0.4 is 5.32 Å². The van der Waals surface area contributed by atoms with Crippen molar-refractivity contribution in [2.45, 2.75) is 43.7 Å². The van der Waals surface area contributed by atoms with Crippen molar-refractivity contribution in [3.05, 3.63) is 0 Å². The molecule has 1 atom stereocenters. The van der Waals surface area contributed by atoms with Crippen LogP contribution >= 0.6 is 0 Å². The van der Waals surface area contributed by atoms with Crippen LogP contribution in [0.3, 0.4) is 0 Å². The van der Waals surface area contributed by atoms with E-state index >= 15 is 0 Å². The van der Waals surface area contributed by atoms with Crippen molar-refractivity contribution in [3.63, 3.8) is 0 Å². The van der Waals surface area contributed by atoms with Crippen LogP contribution in [0.15, 0.2) is 0 Å². The summed E-state index contributed by atoms with van der Waals surface area (Å²) < 4.78 is 5.17. The Bertz CT molecular complexity index is 223. The molecule has 2 fully saturated rings. The Hall–Kier alpha value is -0.610. The van der Waals surface area contributed by atoms with E-state index in [0.717, 1.165) is 12.8 Å². The standard InChI is InChI=1S/C10H17NO3/c12-6-3-8-9(13)14-7-10(11-8)4-1-2-5-10/h8,11-12H,1-7H2. The van der Waals surface area contributed by atoms with Gasteiger partial charge in [-0.05, 0) is 19.3 Å². The van der Waals surface area contributed by atoms with Crippen molar-refractivity contribution in [3.8, 4) is 0 Å². The van der Waals surface area contributed by atoms with E-state index in [-0.39, 0.29) is 24.2 Å². The van der Waals surface area contributed by atoms with Crippen molar-refractivity contribution in [2.75, 3.05) is 13.2 Å². The number of rotatable bonds is 2. The predicted octanol–water partition coefficient (Wildman–Crippen LogP) is 0.197. The monoisotopic (exact) mass is 199 g/mol. The van der Waals surface area contributed by atoms with Gasteiger partial charge < -0.3 is 9.84 Å². The van der Waals surface area contributed by atoms with Gasteiger partial charge in [-0.1, -0.05) is 12.8 Å². The molecule has 4 heteroatoms. The lowest BCUT2D eigenvalue weighted by atomic mass is 9.95. The molecule has 0 aromatic rings. The Morgan fingerprint density at radius 3 is 2.86 bits per heavy atom. The summed E-state index contributed by atoms with van der Waals surface area (Å²) in [4.78, 5) is 11.3. The second-order valence-corrected chi connectivity index (χ2v) is 4.30. The molecule has 1 unspecified atom stereocenters. The highest BCUT2D eigenvalue weighted by Gasteiger charge is 2.42. The van der Waals surface area contributed by atoms with Gasteiger partial charge in [0.05, 0.1) is 5.54 Å². The molecule has 1 saturated heterocycles. The lowest BCUT2D eigenvalue weighted by Crippen LogP contribution is -2.59. The number of nitrogens with one attached hydrogen (secondary N) is 1. The lowest BCUT2D eigenvalue weighted by molar-refractivity contribution is -0.156. The van der Waals surface area contributed by atoms with Gasteiger partial charge in [0.2, 0.25) is 0 Å². The summed E-state index contributed by atoms with van der Waals surface area (Å²) in [6.07, 6.45) is 5.04. The smallest absolute Gasteiger partial charge is 0.323 e. The summed E-state index contributed by atoms with van der Waals surface area (Å²) in [5.74, 6) is -0.212. The molecule has 1 aliphatic carbocycles. The molecule has 1 aliphatic heterocycles. The average Bonchev–Trinajstić information content (AvgIpc) is 2.61. The van der Waals surface area contributed by atoms with Gasteiger partial charge in [0, 0.05) is 6.61 Å². The zero-order chi connectivity index (χ0) is 10.0. The van der Waals surface area contributed by atoms with E-state index in [9.17, 15) is 4.79 Å². The maximum absolute atomic E-state index is 11.3. The van der Waals surface area contributed by atoms with E-state index < -0.39 is 0 Å². The van der Waals surface area contributed by atoms with Crippen molar-refractivity contribution < 1.29 is 14.6 Å². The van der Waals surface area contributed by atoms with Crippen LogP contribution in [0, 0.1) is 0 Å². The molecule has 2 N–H and O–H groups in total. The molecular weight excluding hydrogens is 182 g/mol. The fourth-order valence-corrected chi connectivity index (χ4v) is 2.44. The third-order valence-electron chi connectivity index (χ3n) is 3.23. The minimum Gasteiger partial charge on any atom is -0.463 e. The topological polar surface area (TPSA) is 58.6 Å². The van der Waals surface area contributed by atoms with Gasteiger partial charge in [-0.2, -0.15) is 0 Å². The number of ether oxygens (including phenoxy) is 1. The molecule has 14 heavy (non-hydrogen) atoms. The molecule has 1 spiro atoms. The lowest BCUT2D eigenvalue weighted by Gasteiger charge is -2.38. The number of cyclic esters (lactones) is 1. The third-order valence-corrected chi connectivity index (χ3v) is 3.23. The minimum absolute atomic E-state index is 0.0216. The third kappa shape index (κ3) is 1.77. The first kappa shape index (κ1) is 9.93. The van der Waals surface area contributed by atoms with Gasteiger partial charge in [0.25, 0.3) is 0 Å². The molecule has 0 aromatic carbocycles. The zero-order valence-corrected chi connectivity index (χ0v) is 8.29. The summed E-state index contributed by atoms with van der Waals surface area (Å²) in [6.45, 7) is 0.538. The first-order valence-corrected chi connectivity index (χ1v) is 5.31. The molecule has 2 aliphatic rings. The largest absolute Gasteiger partial charge is 0.463 e. The summed E-state index contributed by atoms with van der Waals surface area (Å²) >= 11 is 0. The summed E-state index contributed by atoms with van der Waals surface area (Å²) in [6, 6.07) is -0.299. The highest BCUT2D eigenvalue weighted by Crippen LogP contribution is 2.32. The summed E-state index contributed by atoms with van der Waals surface area (Å²) in [5, 5.41) is 12.2. The molecule has 0 aromatic heterocycles. The van der Waals surface area contributed by atoms with E-state index in [1.165, 1.54) is 12.8 Å². The van der Waals surface area contributed by atoms with E-state index in [1.807, 2.05) is 0 Å². The van der Waals surface area contributed by atoms with Gasteiger partial charge in [0.15, 0.2) is 0 Å². The van der Waals surface area contributed by atoms with Gasteiger partial charge in [0.1, 0.15) is 12.6 Å². The van der Waals surface area contributed by atoms with Crippen molar-refractivity contribution in [1.82, 2.24) is 5.32 Å². The van der Waals surface area contributed by atoms with Crippen LogP contribution in [0.2, 0.25) is 0 Å². The Kier molecular flexibility index (Phi) is 2.74. The molecule has 2 rings (SSSR count). The number of hydrogen-bond donors (Lipinski definition) is 2.